The van der Waals surface area contributed by atoms with E-state index in [4.69, 9.17) is 27.8 Å². The summed E-state index contributed by atoms with van der Waals surface area (Å²) in [5.74, 6) is 0.820. The Morgan fingerprint density at radius 2 is 1.64 bits per heavy atom. The Labute approximate surface area is 243 Å². The molecule has 0 radical (unpaired) electrons. The molecule has 1 aromatic heterocycles. The molecule has 0 aliphatic carbocycles. The first kappa shape index (κ1) is 27.9. The normalized spacial score (nSPS) is 13.8. The first-order chi connectivity index (χ1) is 18.7. The van der Waals surface area contributed by atoms with E-state index in [0.29, 0.717) is 29.4 Å². The van der Waals surface area contributed by atoms with Gasteiger partial charge in [-0.3, -0.25) is 4.55 Å². The first-order valence-corrected chi connectivity index (χ1v) is 16.1. The molecular formula is C29H30Cl2N3O3S2+. The first-order valence-electron chi connectivity index (χ1n) is 12.9. The summed E-state index contributed by atoms with van der Waals surface area (Å²) in [7, 11) is -3.97. The Kier molecular flexibility index (Phi) is 8.21. The summed E-state index contributed by atoms with van der Waals surface area (Å²) in [5.41, 5.74) is 3.19. The highest BCUT2D eigenvalue weighted by atomic mass is 35.5. The molecule has 5 rings (SSSR count). The molecule has 2 heterocycles. The third-order valence-corrected chi connectivity index (χ3v) is 9.65. The van der Waals surface area contributed by atoms with Crippen molar-refractivity contribution in [3.05, 3.63) is 81.6 Å². The summed E-state index contributed by atoms with van der Waals surface area (Å²) in [5, 5.41) is 4.51. The third kappa shape index (κ3) is 5.67. The van der Waals surface area contributed by atoms with Gasteiger partial charge in [0.25, 0.3) is 15.1 Å². The minimum atomic E-state index is -3.97. The molecule has 0 saturated heterocycles. The molecule has 1 aliphatic rings. The number of aromatic nitrogens is 1. The van der Waals surface area contributed by atoms with E-state index >= 15 is 0 Å². The Bertz CT molecular complexity index is 1680. The van der Waals surface area contributed by atoms with Crippen LogP contribution in [-0.2, 0) is 16.7 Å². The lowest BCUT2D eigenvalue weighted by Crippen LogP contribution is -2.35. The predicted molar refractivity (Wildman–Crippen MR) is 165 cm³/mol. The van der Waals surface area contributed by atoms with Crippen molar-refractivity contribution in [3.63, 3.8) is 0 Å². The standard InChI is InChI=1S/C29H29Cl2N3O3S2/c1-3-32-25-18-22(30)23(31)19-26(25)33(4-2)27(32)12-9-13-28-34(16-7-8-17-39(35,36)37)24-15-14-20-10-5-6-11-21(20)29(24)38-28/h5-6,9-15,18-19H,3-4,7-8,16-17H2,1-2H3/p+1. The van der Waals surface area contributed by atoms with Gasteiger partial charge in [-0.2, -0.15) is 13.0 Å². The average Bonchev–Trinajstić information content (AvgIpc) is 3.40. The van der Waals surface area contributed by atoms with Gasteiger partial charge in [-0.1, -0.05) is 64.9 Å². The van der Waals surface area contributed by atoms with Gasteiger partial charge in [0.05, 0.1) is 27.2 Å². The van der Waals surface area contributed by atoms with Crippen LogP contribution in [0.1, 0.15) is 31.7 Å². The number of benzene rings is 3. The lowest BCUT2D eigenvalue weighted by atomic mass is 10.1. The molecule has 0 saturated carbocycles. The lowest BCUT2D eigenvalue weighted by molar-refractivity contribution is -0.669. The third-order valence-electron chi connectivity index (χ3n) is 6.92. The van der Waals surface area contributed by atoms with Crippen LogP contribution in [0.15, 0.2) is 66.5 Å². The molecular weight excluding hydrogens is 573 g/mol. The van der Waals surface area contributed by atoms with E-state index in [1.54, 1.807) is 11.3 Å². The predicted octanol–water partition coefficient (Wildman–Crippen LogP) is 7.54. The van der Waals surface area contributed by atoms with Gasteiger partial charge in [-0.15, -0.1) is 0 Å². The summed E-state index contributed by atoms with van der Waals surface area (Å²) in [6.45, 7) is 6.43. The molecule has 0 amide bonds. The van der Waals surface area contributed by atoms with E-state index < -0.39 is 10.1 Å². The van der Waals surface area contributed by atoms with E-state index in [0.717, 1.165) is 40.8 Å². The second-order valence-corrected chi connectivity index (χ2v) is 12.8. The van der Waals surface area contributed by atoms with E-state index in [1.165, 1.54) is 15.5 Å². The molecule has 39 heavy (non-hydrogen) atoms. The van der Waals surface area contributed by atoms with Gasteiger partial charge in [0.15, 0.2) is 6.54 Å². The number of hydrogen-bond acceptors (Lipinski definition) is 5. The number of aryl methyl sites for hydroxylation is 1. The highest BCUT2D eigenvalue weighted by Gasteiger charge is 2.30. The second-order valence-electron chi connectivity index (χ2n) is 9.35. The van der Waals surface area contributed by atoms with Gasteiger partial charge < -0.3 is 9.80 Å². The maximum Gasteiger partial charge on any atom is 0.264 e. The highest BCUT2D eigenvalue weighted by molar-refractivity contribution is 7.85. The van der Waals surface area contributed by atoms with Crippen LogP contribution < -0.4 is 14.4 Å². The molecule has 4 aromatic rings. The van der Waals surface area contributed by atoms with Crippen LogP contribution in [0.5, 0.6) is 0 Å². The van der Waals surface area contributed by atoms with Gasteiger partial charge in [-0.25, -0.2) is 0 Å². The Morgan fingerprint density at radius 3 is 2.28 bits per heavy atom. The number of thiazole rings is 1. The lowest BCUT2D eigenvalue weighted by Gasteiger charge is -2.23. The maximum absolute atomic E-state index is 11.2. The quantitative estimate of drug-likeness (QED) is 0.122. The number of rotatable bonds is 9. The zero-order valence-corrected chi connectivity index (χ0v) is 24.9. The number of hydrogen-bond donors (Lipinski definition) is 1. The molecule has 204 valence electrons. The molecule has 6 nitrogen and oxygen atoms in total. The number of fused-ring (bicyclic) bond motifs is 4. The van der Waals surface area contributed by atoms with Gasteiger partial charge in [0.1, 0.15) is 10.5 Å². The minimum Gasteiger partial charge on any atom is -0.326 e. The van der Waals surface area contributed by atoms with Crippen molar-refractivity contribution in [2.45, 2.75) is 33.2 Å². The summed E-state index contributed by atoms with van der Waals surface area (Å²) in [4.78, 5) is 4.46. The summed E-state index contributed by atoms with van der Waals surface area (Å²) < 4.78 is 35.0. The van der Waals surface area contributed by atoms with Gasteiger partial charge in [0.2, 0.25) is 5.52 Å². The zero-order chi connectivity index (χ0) is 27.7. The van der Waals surface area contributed by atoms with Crippen molar-refractivity contribution < 1.29 is 17.5 Å². The number of allylic oxidation sites excluding steroid dienone is 2. The summed E-state index contributed by atoms with van der Waals surface area (Å²) >= 11 is 14.4. The molecule has 0 atom stereocenters. The van der Waals surface area contributed by atoms with Crippen molar-refractivity contribution in [2.75, 3.05) is 28.6 Å². The van der Waals surface area contributed by atoms with Crippen LogP contribution in [0.2, 0.25) is 10.0 Å². The van der Waals surface area contributed by atoms with Gasteiger partial charge in [-0.05, 0) is 49.9 Å². The maximum atomic E-state index is 11.2. The van der Waals surface area contributed by atoms with Crippen molar-refractivity contribution in [1.29, 1.82) is 0 Å². The fourth-order valence-electron chi connectivity index (χ4n) is 5.15. The van der Waals surface area contributed by atoms with Crippen LogP contribution >= 0.6 is 34.5 Å². The van der Waals surface area contributed by atoms with E-state index in [2.05, 4.69) is 70.7 Å². The van der Waals surface area contributed by atoms with E-state index in [1.807, 2.05) is 24.3 Å². The SMILES string of the molecule is CCN1C(=C/C=C/c2sc3c4ccccc4ccc3[n+]2CCCCS(=O)(=O)O)N(CC)c2cc(Cl)c(Cl)cc21. The molecule has 10 heteroatoms. The highest BCUT2D eigenvalue weighted by Crippen LogP contribution is 2.45. The Balaban J connectivity index is 1.52. The number of anilines is 2. The number of halogens is 2. The van der Waals surface area contributed by atoms with Crippen LogP contribution in [-0.4, -0.2) is 31.8 Å². The Morgan fingerprint density at radius 1 is 0.974 bits per heavy atom. The van der Waals surface area contributed by atoms with Crippen molar-refractivity contribution in [1.82, 2.24) is 0 Å². The molecule has 0 unspecified atom stereocenters. The van der Waals surface area contributed by atoms with E-state index in [-0.39, 0.29) is 5.75 Å². The fraction of sp³-hybridized carbons (Fsp3) is 0.276. The molecule has 0 spiro atoms. The van der Waals surface area contributed by atoms with Crippen LogP contribution in [0.3, 0.4) is 0 Å². The largest absolute Gasteiger partial charge is 0.326 e. The minimum absolute atomic E-state index is 0.232. The number of nitrogens with zero attached hydrogens (tertiary/aromatic N) is 3. The molecule has 1 aliphatic heterocycles. The van der Waals surface area contributed by atoms with Crippen LogP contribution in [0.25, 0.3) is 27.1 Å². The van der Waals surface area contributed by atoms with Crippen LogP contribution in [0, 0.1) is 0 Å². The van der Waals surface area contributed by atoms with Gasteiger partial charge in [0, 0.05) is 37.0 Å². The van der Waals surface area contributed by atoms with Crippen LogP contribution in [0.4, 0.5) is 11.4 Å². The average molecular weight is 604 g/mol. The second kappa shape index (κ2) is 11.5. The monoisotopic (exact) mass is 602 g/mol. The molecule has 1 N–H and O–H groups in total. The zero-order valence-electron chi connectivity index (χ0n) is 21.8. The topological polar surface area (TPSA) is 64.7 Å². The number of unbranched alkanes of at least 4 members (excludes halogenated alkanes) is 1. The molecule has 3 aromatic carbocycles. The van der Waals surface area contributed by atoms with Crippen molar-refractivity contribution in [2.24, 2.45) is 0 Å². The van der Waals surface area contributed by atoms with E-state index in [9.17, 15) is 8.42 Å². The molecule has 0 bridgehead atoms. The van der Waals surface area contributed by atoms with Gasteiger partial charge >= 0.3 is 0 Å². The smallest absolute Gasteiger partial charge is 0.264 e. The molecule has 0 fully saturated rings. The van der Waals surface area contributed by atoms with Crippen molar-refractivity contribution in [3.8, 4) is 0 Å². The van der Waals surface area contributed by atoms with Crippen molar-refractivity contribution >= 4 is 83.1 Å². The summed E-state index contributed by atoms with van der Waals surface area (Å²) in [6, 6.07) is 16.4. The Hall–Kier alpha value is -2.62. The fourth-order valence-corrected chi connectivity index (χ4v) is 7.27. The summed E-state index contributed by atoms with van der Waals surface area (Å²) in [6.07, 6.45) is 7.32.